The van der Waals surface area contributed by atoms with E-state index in [0.717, 1.165) is 5.56 Å². The smallest absolute Gasteiger partial charge is 0.359 e. The maximum Gasteiger partial charge on any atom is 0.446 e. The average molecular weight is 366 g/mol. The Morgan fingerprint density at radius 3 is 2.50 bits per heavy atom. The topological polar surface area (TPSA) is 120 Å². The molecule has 8 nitrogen and oxygen atoms in total. The molecule has 24 heavy (non-hydrogen) atoms. The van der Waals surface area contributed by atoms with Crippen molar-refractivity contribution < 1.29 is 22.1 Å². The molecule has 0 spiro atoms. The van der Waals surface area contributed by atoms with Crippen LogP contribution < -0.4 is 4.18 Å². The van der Waals surface area contributed by atoms with Crippen LogP contribution in [0.4, 0.5) is 5.69 Å². The third-order valence-corrected chi connectivity index (χ3v) is 4.57. The summed E-state index contributed by atoms with van der Waals surface area (Å²) in [6, 6.07) is 9.11. The Labute approximate surface area is 140 Å². The van der Waals surface area contributed by atoms with Gasteiger partial charge in [0.1, 0.15) is 10.5 Å². The lowest BCUT2D eigenvalue weighted by Crippen LogP contribution is -2.07. The van der Waals surface area contributed by atoms with Crippen molar-refractivity contribution in [2.45, 2.75) is 6.92 Å². The molecule has 10 heteroatoms. The molecule has 0 aliphatic rings. The first-order chi connectivity index (χ1) is 11.2. The molecule has 0 saturated heterocycles. The van der Waals surface area contributed by atoms with E-state index in [2.05, 4.69) is 9.17 Å². The number of aryl methyl sites for hydroxylation is 1. The van der Waals surface area contributed by atoms with E-state index in [4.69, 9.17) is 4.55 Å². The van der Waals surface area contributed by atoms with Crippen molar-refractivity contribution in [3.8, 4) is 16.3 Å². The highest BCUT2D eigenvalue weighted by Crippen LogP contribution is 2.36. The maximum absolute atomic E-state index is 11.0. The Morgan fingerprint density at radius 1 is 1.25 bits per heavy atom. The third kappa shape index (κ3) is 3.35. The number of nitro benzene ring substituents is 1. The summed E-state index contributed by atoms with van der Waals surface area (Å²) in [4.78, 5) is 14.5. The van der Waals surface area contributed by atoms with Gasteiger partial charge in [-0.25, -0.2) is 4.98 Å². The quantitative estimate of drug-likeness (QED) is 0.427. The van der Waals surface area contributed by atoms with Crippen LogP contribution >= 0.6 is 11.3 Å². The van der Waals surface area contributed by atoms with Gasteiger partial charge in [0.05, 0.1) is 9.62 Å². The van der Waals surface area contributed by atoms with Crippen LogP contribution in [-0.2, 0) is 10.4 Å². The number of thiazole rings is 1. The molecular formula is C14H10N2O6S2. The Balaban J connectivity index is 2.11. The summed E-state index contributed by atoms with van der Waals surface area (Å²) in [7, 11) is -4.67. The van der Waals surface area contributed by atoms with Crippen LogP contribution in [0.2, 0.25) is 0 Å². The van der Waals surface area contributed by atoms with E-state index in [1.165, 1.54) is 29.5 Å². The van der Waals surface area contributed by atoms with Gasteiger partial charge in [-0.15, -0.1) is 11.3 Å². The molecule has 0 amide bonds. The predicted molar refractivity (Wildman–Crippen MR) is 88.6 cm³/mol. The summed E-state index contributed by atoms with van der Waals surface area (Å²) in [6.07, 6.45) is 0. The van der Waals surface area contributed by atoms with Crippen molar-refractivity contribution >= 4 is 37.6 Å². The van der Waals surface area contributed by atoms with Gasteiger partial charge in [-0.1, -0.05) is 0 Å². The van der Waals surface area contributed by atoms with Gasteiger partial charge in [-0.05, 0) is 36.8 Å². The van der Waals surface area contributed by atoms with Gasteiger partial charge in [0.15, 0.2) is 5.75 Å². The number of nitrogens with zero attached hydrogens (tertiary/aromatic N) is 2. The van der Waals surface area contributed by atoms with E-state index in [0.29, 0.717) is 15.3 Å². The normalized spacial score (nSPS) is 11.6. The van der Waals surface area contributed by atoms with E-state index in [9.17, 15) is 18.5 Å². The largest absolute Gasteiger partial charge is 0.446 e. The summed E-state index contributed by atoms with van der Waals surface area (Å²) in [5.74, 6) is -0.0723. The average Bonchev–Trinajstić information content (AvgIpc) is 2.89. The van der Waals surface area contributed by atoms with Crippen molar-refractivity contribution in [2.75, 3.05) is 0 Å². The van der Waals surface area contributed by atoms with Crippen LogP contribution in [0.3, 0.4) is 0 Å². The number of benzene rings is 2. The summed E-state index contributed by atoms with van der Waals surface area (Å²) in [5, 5.41) is 11.2. The van der Waals surface area contributed by atoms with E-state index < -0.39 is 15.3 Å². The molecule has 0 atom stereocenters. The van der Waals surface area contributed by atoms with Crippen LogP contribution in [0, 0.1) is 17.0 Å². The van der Waals surface area contributed by atoms with Gasteiger partial charge in [-0.3, -0.25) is 14.7 Å². The number of hydrogen-bond donors (Lipinski definition) is 1. The first-order valence-electron chi connectivity index (χ1n) is 6.56. The lowest BCUT2D eigenvalue weighted by atomic mass is 10.2. The molecule has 3 rings (SSSR count). The molecule has 0 radical (unpaired) electrons. The second-order valence-corrected chi connectivity index (χ2v) is 7.00. The number of rotatable bonds is 4. The Hall–Kier alpha value is -2.56. The van der Waals surface area contributed by atoms with E-state index in [1.807, 2.05) is 0 Å². The zero-order valence-corrected chi connectivity index (χ0v) is 13.8. The minimum atomic E-state index is -4.67. The summed E-state index contributed by atoms with van der Waals surface area (Å²) in [5.41, 5.74) is 1.64. The van der Waals surface area contributed by atoms with E-state index >= 15 is 0 Å². The van der Waals surface area contributed by atoms with E-state index in [1.54, 1.807) is 25.1 Å². The zero-order valence-electron chi connectivity index (χ0n) is 12.2. The fourth-order valence-corrected chi connectivity index (χ4v) is 3.60. The van der Waals surface area contributed by atoms with Crippen molar-refractivity contribution in [2.24, 2.45) is 0 Å². The zero-order chi connectivity index (χ0) is 17.5. The molecule has 0 saturated carbocycles. The van der Waals surface area contributed by atoms with Gasteiger partial charge in [0.25, 0.3) is 5.69 Å². The van der Waals surface area contributed by atoms with E-state index in [-0.39, 0.29) is 17.0 Å². The molecule has 0 aliphatic carbocycles. The highest BCUT2D eigenvalue weighted by Gasteiger charge is 2.16. The number of aromatic nitrogens is 1. The van der Waals surface area contributed by atoms with Crippen molar-refractivity contribution in [3.63, 3.8) is 0 Å². The summed E-state index contributed by atoms with van der Waals surface area (Å²) in [6.45, 7) is 1.75. The minimum absolute atomic E-state index is 0.0360. The number of non-ortho nitro benzene ring substituents is 1. The minimum Gasteiger partial charge on any atom is -0.359 e. The predicted octanol–water partition coefficient (Wildman–Crippen LogP) is 3.36. The molecule has 0 aliphatic heterocycles. The van der Waals surface area contributed by atoms with Crippen LogP contribution in [0.1, 0.15) is 5.56 Å². The summed E-state index contributed by atoms with van der Waals surface area (Å²) < 4.78 is 36.1. The third-order valence-electron chi connectivity index (χ3n) is 3.12. The first kappa shape index (κ1) is 16.3. The van der Waals surface area contributed by atoms with Gasteiger partial charge in [-0.2, -0.15) is 8.42 Å². The number of hydrogen-bond acceptors (Lipinski definition) is 7. The van der Waals surface area contributed by atoms with Crippen molar-refractivity contribution in [1.29, 1.82) is 0 Å². The Bertz CT molecular complexity index is 1040. The monoisotopic (exact) mass is 366 g/mol. The first-order valence-corrected chi connectivity index (χ1v) is 8.74. The molecule has 1 heterocycles. The molecule has 2 aromatic carbocycles. The fourth-order valence-electron chi connectivity index (χ4n) is 2.16. The molecule has 1 N–H and O–H groups in total. The molecule has 3 aromatic rings. The molecule has 0 unspecified atom stereocenters. The lowest BCUT2D eigenvalue weighted by molar-refractivity contribution is -0.384. The fraction of sp³-hybridized carbons (Fsp3) is 0.0714. The molecular weight excluding hydrogens is 356 g/mol. The maximum atomic E-state index is 11.0. The highest BCUT2D eigenvalue weighted by atomic mass is 32.3. The molecule has 0 fully saturated rings. The Morgan fingerprint density at radius 2 is 1.92 bits per heavy atom. The second-order valence-electron chi connectivity index (χ2n) is 4.94. The summed E-state index contributed by atoms with van der Waals surface area (Å²) >= 11 is 1.28. The molecule has 1 aromatic heterocycles. The van der Waals surface area contributed by atoms with Crippen LogP contribution in [-0.4, -0.2) is 22.9 Å². The van der Waals surface area contributed by atoms with Crippen molar-refractivity contribution in [1.82, 2.24) is 4.98 Å². The Kier molecular flexibility index (Phi) is 3.95. The number of nitro groups is 1. The van der Waals surface area contributed by atoms with Gasteiger partial charge in [0, 0.05) is 17.7 Å². The number of fused-ring (bicyclic) bond motifs is 1. The van der Waals surface area contributed by atoms with Gasteiger partial charge >= 0.3 is 10.4 Å². The molecule has 0 bridgehead atoms. The van der Waals surface area contributed by atoms with Crippen molar-refractivity contribution in [3.05, 3.63) is 52.1 Å². The van der Waals surface area contributed by atoms with Crippen LogP contribution in [0.15, 0.2) is 36.4 Å². The molecule has 124 valence electrons. The second kappa shape index (κ2) is 5.82. The SMILES string of the molecule is Cc1cc(OS(=O)(=O)O)c2nc(-c3ccc([N+](=O)[O-])cc3)sc2c1. The standard InChI is InChI=1S/C14H10N2O6S2/c1-8-6-11(22-24(19,20)21)13-12(7-8)23-14(15-13)9-2-4-10(5-3-9)16(17)18/h2-7H,1H3,(H,19,20,21). The van der Waals surface area contributed by atoms with Gasteiger partial charge < -0.3 is 4.18 Å². The highest BCUT2D eigenvalue weighted by molar-refractivity contribution is 7.81. The van der Waals surface area contributed by atoms with Crippen LogP contribution in [0.25, 0.3) is 20.8 Å². The van der Waals surface area contributed by atoms with Crippen LogP contribution in [0.5, 0.6) is 5.75 Å². The van der Waals surface area contributed by atoms with Gasteiger partial charge in [0.2, 0.25) is 0 Å². The lowest BCUT2D eigenvalue weighted by Gasteiger charge is -2.03.